The molecule has 0 unspecified atom stereocenters. The molecule has 10 nitrogen and oxygen atoms in total. The van der Waals surface area contributed by atoms with Crippen molar-refractivity contribution < 1.29 is 28.7 Å². The van der Waals surface area contributed by atoms with E-state index in [2.05, 4.69) is 4.99 Å². The van der Waals surface area contributed by atoms with Crippen molar-refractivity contribution in [2.24, 2.45) is 4.99 Å². The van der Waals surface area contributed by atoms with Gasteiger partial charge in [-0.2, -0.15) is 4.99 Å². The van der Waals surface area contributed by atoms with Gasteiger partial charge < -0.3 is 18.8 Å². The highest BCUT2D eigenvalue weighted by molar-refractivity contribution is 7.16. The van der Waals surface area contributed by atoms with E-state index in [4.69, 9.17) is 14.2 Å². The molecule has 0 radical (unpaired) electrons. The first-order chi connectivity index (χ1) is 15.0. The monoisotopic (exact) mass is 443 g/mol. The Kier molecular flexibility index (Phi) is 5.67. The number of hydrogen-bond acceptors (Lipinski definition) is 8. The van der Waals surface area contributed by atoms with E-state index >= 15 is 0 Å². The van der Waals surface area contributed by atoms with E-state index in [-0.39, 0.29) is 29.2 Å². The number of esters is 1. The number of ether oxygens (including phenoxy) is 3. The van der Waals surface area contributed by atoms with Crippen LogP contribution in [0.25, 0.3) is 10.2 Å². The van der Waals surface area contributed by atoms with Crippen LogP contribution in [0, 0.1) is 10.1 Å². The molecule has 1 aliphatic heterocycles. The SMILES string of the molecule is CCOC(=O)Cn1c(=NC(=O)c2ccccc2[N+](=O)[O-])sc2cc3c(cc21)OCCO3. The lowest BCUT2D eigenvalue weighted by Gasteiger charge is -2.18. The van der Waals surface area contributed by atoms with Gasteiger partial charge in [0.2, 0.25) is 0 Å². The predicted octanol–water partition coefficient (Wildman–Crippen LogP) is 2.69. The summed E-state index contributed by atoms with van der Waals surface area (Å²) in [5.41, 5.74) is 0.126. The van der Waals surface area contributed by atoms with Crippen LogP contribution in [0.5, 0.6) is 11.5 Å². The van der Waals surface area contributed by atoms with Crippen molar-refractivity contribution in [3.63, 3.8) is 0 Å². The quantitative estimate of drug-likeness (QED) is 0.337. The summed E-state index contributed by atoms with van der Waals surface area (Å²) in [5.74, 6) is -0.212. The topological polar surface area (TPSA) is 122 Å². The Bertz CT molecular complexity index is 1260. The number of rotatable bonds is 5. The van der Waals surface area contributed by atoms with Gasteiger partial charge in [0.1, 0.15) is 25.3 Å². The van der Waals surface area contributed by atoms with Gasteiger partial charge >= 0.3 is 5.97 Å². The molecular weight excluding hydrogens is 426 g/mol. The average Bonchev–Trinajstić information content (AvgIpc) is 3.07. The first kappa shape index (κ1) is 20.5. The molecule has 31 heavy (non-hydrogen) atoms. The summed E-state index contributed by atoms with van der Waals surface area (Å²) in [5, 5.41) is 11.3. The van der Waals surface area contributed by atoms with Gasteiger partial charge in [0.15, 0.2) is 16.3 Å². The second kappa shape index (κ2) is 8.56. The Morgan fingerprint density at radius 3 is 2.65 bits per heavy atom. The van der Waals surface area contributed by atoms with Gasteiger partial charge in [-0.15, -0.1) is 0 Å². The molecule has 1 aromatic heterocycles. The number of fused-ring (bicyclic) bond motifs is 2. The highest BCUT2D eigenvalue weighted by atomic mass is 32.1. The number of nitrogens with zero attached hydrogens (tertiary/aromatic N) is 3. The van der Waals surface area contributed by atoms with Gasteiger partial charge in [0.05, 0.1) is 21.7 Å². The number of para-hydroxylation sites is 1. The average molecular weight is 443 g/mol. The van der Waals surface area contributed by atoms with E-state index in [9.17, 15) is 19.7 Å². The Labute approximate surface area is 179 Å². The van der Waals surface area contributed by atoms with Gasteiger partial charge in [-0.05, 0) is 13.0 Å². The maximum atomic E-state index is 12.8. The van der Waals surface area contributed by atoms with Crippen LogP contribution in [0.4, 0.5) is 5.69 Å². The maximum Gasteiger partial charge on any atom is 0.326 e. The first-order valence-corrected chi connectivity index (χ1v) is 10.2. The standard InChI is InChI=1S/C20H17N3O7S/c1-2-28-18(24)11-22-14-9-15-16(30-8-7-29-15)10-17(14)31-20(22)21-19(25)12-5-3-4-6-13(12)23(26)27/h3-6,9-10H,2,7-8,11H2,1H3. The molecule has 3 aromatic rings. The van der Waals surface area contributed by atoms with Crippen molar-refractivity contribution in [2.75, 3.05) is 19.8 Å². The number of amides is 1. The van der Waals surface area contributed by atoms with E-state index in [0.717, 1.165) is 11.3 Å². The van der Waals surface area contributed by atoms with Crippen LogP contribution in [0.1, 0.15) is 17.3 Å². The number of aromatic nitrogens is 1. The Hall–Kier alpha value is -3.73. The van der Waals surface area contributed by atoms with E-state index in [0.29, 0.717) is 34.9 Å². The fraction of sp³-hybridized carbons (Fsp3) is 0.250. The zero-order valence-electron chi connectivity index (χ0n) is 16.4. The van der Waals surface area contributed by atoms with Crippen LogP contribution in [0.3, 0.4) is 0 Å². The smallest absolute Gasteiger partial charge is 0.326 e. The summed E-state index contributed by atoms with van der Waals surface area (Å²) in [7, 11) is 0. The molecule has 0 aliphatic carbocycles. The fourth-order valence-corrected chi connectivity index (χ4v) is 4.18. The van der Waals surface area contributed by atoms with Gasteiger partial charge in [-0.3, -0.25) is 19.7 Å². The largest absolute Gasteiger partial charge is 0.486 e. The minimum Gasteiger partial charge on any atom is -0.486 e. The third-order valence-electron chi connectivity index (χ3n) is 4.47. The van der Waals surface area contributed by atoms with E-state index in [1.807, 2.05) is 0 Å². The van der Waals surface area contributed by atoms with Crippen LogP contribution in [-0.4, -0.2) is 41.2 Å². The molecule has 2 heterocycles. The number of carbonyl (C=O) groups excluding carboxylic acids is 2. The van der Waals surface area contributed by atoms with Crippen molar-refractivity contribution in [1.82, 2.24) is 4.57 Å². The molecule has 0 atom stereocenters. The molecule has 0 fully saturated rings. The fourth-order valence-electron chi connectivity index (χ4n) is 3.14. The Morgan fingerprint density at radius 2 is 1.94 bits per heavy atom. The van der Waals surface area contributed by atoms with Crippen molar-refractivity contribution in [3.8, 4) is 11.5 Å². The molecule has 2 aromatic carbocycles. The Morgan fingerprint density at radius 1 is 1.23 bits per heavy atom. The molecular formula is C20H17N3O7S. The number of thiazole rings is 1. The summed E-state index contributed by atoms with van der Waals surface area (Å²) in [4.78, 5) is 39.9. The molecule has 11 heteroatoms. The van der Waals surface area contributed by atoms with Crippen molar-refractivity contribution in [3.05, 3.63) is 56.9 Å². The number of carbonyl (C=O) groups is 2. The van der Waals surface area contributed by atoms with Crippen LogP contribution < -0.4 is 14.3 Å². The zero-order chi connectivity index (χ0) is 22.0. The molecule has 160 valence electrons. The second-order valence-corrected chi connectivity index (χ2v) is 7.44. The van der Waals surface area contributed by atoms with Gasteiger partial charge in [0, 0.05) is 18.2 Å². The normalized spacial score (nSPS) is 13.3. The van der Waals surface area contributed by atoms with Crippen molar-refractivity contribution in [2.45, 2.75) is 13.5 Å². The highest BCUT2D eigenvalue weighted by Gasteiger charge is 2.21. The lowest BCUT2D eigenvalue weighted by atomic mass is 10.2. The van der Waals surface area contributed by atoms with E-state index in [1.165, 1.54) is 28.8 Å². The second-order valence-electron chi connectivity index (χ2n) is 6.43. The molecule has 0 N–H and O–H groups in total. The zero-order valence-corrected chi connectivity index (χ0v) is 17.2. The van der Waals surface area contributed by atoms with Crippen molar-refractivity contribution in [1.29, 1.82) is 0 Å². The van der Waals surface area contributed by atoms with E-state index < -0.39 is 16.8 Å². The summed E-state index contributed by atoms with van der Waals surface area (Å²) in [6.45, 7) is 2.53. The molecule has 1 amide bonds. The maximum absolute atomic E-state index is 12.8. The van der Waals surface area contributed by atoms with E-state index in [1.54, 1.807) is 19.1 Å². The van der Waals surface area contributed by atoms with Gasteiger partial charge in [-0.25, -0.2) is 0 Å². The summed E-state index contributed by atoms with van der Waals surface area (Å²) in [6, 6.07) is 9.05. The minimum atomic E-state index is -0.784. The molecule has 4 rings (SSSR count). The number of nitro benzene ring substituents is 1. The van der Waals surface area contributed by atoms with Gasteiger partial charge in [-0.1, -0.05) is 23.5 Å². The molecule has 0 spiro atoms. The lowest BCUT2D eigenvalue weighted by Crippen LogP contribution is -2.23. The van der Waals surface area contributed by atoms with Crippen LogP contribution in [0.15, 0.2) is 41.4 Å². The molecule has 0 bridgehead atoms. The van der Waals surface area contributed by atoms with Crippen LogP contribution in [-0.2, 0) is 16.1 Å². The number of benzene rings is 2. The van der Waals surface area contributed by atoms with Crippen LogP contribution in [0.2, 0.25) is 0 Å². The summed E-state index contributed by atoms with van der Waals surface area (Å²) in [6.07, 6.45) is 0. The third-order valence-corrected chi connectivity index (χ3v) is 5.51. The third kappa shape index (κ3) is 4.12. The number of hydrogen-bond donors (Lipinski definition) is 0. The lowest BCUT2D eigenvalue weighted by molar-refractivity contribution is -0.385. The summed E-state index contributed by atoms with van der Waals surface area (Å²) >= 11 is 1.16. The molecule has 0 saturated carbocycles. The van der Waals surface area contributed by atoms with Crippen LogP contribution >= 0.6 is 11.3 Å². The van der Waals surface area contributed by atoms with Gasteiger partial charge in [0.25, 0.3) is 11.6 Å². The highest BCUT2D eigenvalue weighted by Crippen LogP contribution is 2.35. The molecule has 1 aliphatic rings. The first-order valence-electron chi connectivity index (χ1n) is 9.39. The predicted molar refractivity (Wildman–Crippen MR) is 110 cm³/mol. The minimum absolute atomic E-state index is 0.140. The molecule has 0 saturated heterocycles. The summed E-state index contributed by atoms with van der Waals surface area (Å²) < 4.78 is 18.5. The Balaban J connectivity index is 1.87. The van der Waals surface area contributed by atoms with Crippen molar-refractivity contribution >= 4 is 39.1 Å². The number of nitro groups is 1.